The lowest BCUT2D eigenvalue weighted by Gasteiger charge is -2.31. The Morgan fingerprint density at radius 2 is 1.76 bits per heavy atom. The number of hydrogen-bond donors (Lipinski definition) is 2. The summed E-state index contributed by atoms with van der Waals surface area (Å²) in [7, 11) is 0. The van der Waals surface area contributed by atoms with Crippen LogP contribution < -0.4 is 20.3 Å². The van der Waals surface area contributed by atoms with Crippen LogP contribution in [0.5, 0.6) is 5.88 Å². The number of urea groups is 1. The van der Waals surface area contributed by atoms with E-state index >= 15 is 0 Å². The summed E-state index contributed by atoms with van der Waals surface area (Å²) in [4.78, 5) is 19.6. The summed E-state index contributed by atoms with van der Waals surface area (Å²) in [6.07, 6.45) is 3.62. The Labute approximate surface area is 200 Å². The summed E-state index contributed by atoms with van der Waals surface area (Å²) < 4.78 is 12.0. The van der Waals surface area contributed by atoms with E-state index in [0.717, 1.165) is 74.3 Å². The highest BCUT2D eigenvalue weighted by molar-refractivity contribution is 5.90. The Morgan fingerprint density at radius 1 is 1.03 bits per heavy atom. The standard InChI is InChI=1S/C27H32N4O3/c1-19-6-8-21(9-7-19)28-27(32)29-22-10-12-23(13-11-22)34-26-24-5-3-2-4-20(24)18-25(30-26)31-14-16-33-17-15-31/h2-9,18,22-23H,10-17H2,1H3,(H2,28,29,32)/t22-,23+. The van der Waals surface area contributed by atoms with Gasteiger partial charge in [-0.25, -0.2) is 4.79 Å². The molecule has 2 aromatic carbocycles. The second-order valence-electron chi connectivity index (χ2n) is 9.16. The second kappa shape index (κ2) is 10.3. The number of carbonyl (C=O) groups is 1. The van der Waals surface area contributed by atoms with Crippen LogP contribution in [0.15, 0.2) is 54.6 Å². The van der Waals surface area contributed by atoms with Gasteiger partial charge in [-0.15, -0.1) is 0 Å². The number of ether oxygens (including phenoxy) is 2. The van der Waals surface area contributed by atoms with E-state index in [9.17, 15) is 4.79 Å². The van der Waals surface area contributed by atoms with Crippen LogP contribution in [0, 0.1) is 6.92 Å². The normalized spacial score (nSPS) is 20.7. The van der Waals surface area contributed by atoms with Gasteiger partial charge in [0.25, 0.3) is 0 Å². The van der Waals surface area contributed by atoms with Crippen molar-refractivity contribution in [3.8, 4) is 5.88 Å². The van der Waals surface area contributed by atoms with Gasteiger partial charge >= 0.3 is 6.03 Å². The zero-order valence-electron chi connectivity index (χ0n) is 19.6. The van der Waals surface area contributed by atoms with Crippen molar-refractivity contribution < 1.29 is 14.3 Å². The maximum atomic E-state index is 12.4. The number of hydrogen-bond acceptors (Lipinski definition) is 5. The number of anilines is 2. The number of rotatable bonds is 5. The molecule has 2 amide bonds. The van der Waals surface area contributed by atoms with E-state index in [-0.39, 0.29) is 18.2 Å². The maximum absolute atomic E-state index is 12.4. The summed E-state index contributed by atoms with van der Waals surface area (Å²) in [5.41, 5.74) is 1.97. The molecule has 5 rings (SSSR count). The van der Waals surface area contributed by atoms with Crippen LogP contribution in [0.25, 0.3) is 10.8 Å². The van der Waals surface area contributed by atoms with E-state index in [2.05, 4.69) is 33.7 Å². The number of nitrogens with zero attached hydrogens (tertiary/aromatic N) is 2. The summed E-state index contributed by atoms with van der Waals surface area (Å²) >= 11 is 0. The highest BCUT2D eigenvalue weighted by atomic mass is 16.5. The predicted molar refractivity (Wildman–Crippen MR) is 135 cm³/mol. The van der Waals surface area contributed by atoms with Gasteiger partial charge in [-0.2, -0.15) is 4.98 Å². The zero-order valence-corrected chi connectivity index (χ0v) is 19.6. The van der Waals surface area contributed by atoms with Crippen LogP contribution in [-0.2, 0) is 4.74 Å². The minimum absolute atomic E-state index is 0.0917. The molecule has 1 saturated heterocycles. The average Bonchev–Trinajstić information content (AvgIpc) is 2.87. The Balaban J connectivity index is 1.20. The van der Waals surface area contributed by atoms with E-state index in [0.29, 0.717) is 5.88 Å². The van der Waals surface area contributed by atoms with Gasteiger partial charge in [-0.1, -0.05) is 35.9 Å². The molecule has 2 heterocycles. The molecule has 2 N–H and O–H groups in total. The van der Waals surface area contributed by atoms with Crippen molar-refractivity contribution in [3.05, 3.63) is 60.2 Å². The Morgan fingerprint density at radius 3 is 2.53 bits per heavy atom. The molecule has 1 aromatic heterocycles. The predicted octanol–water partition coefficient (Wildman–Crippen LogP) is 4.89. The monoisotopic (exact) mass is 460 g/mol. The molecule has 1 aliphatic carbocycles. The van der Waals surface area contributed by atoms with Crippen LogP contribution in [-0.4, -0.2) is 49.5 Å². The molecule has 7 heteroatoms. The third-order valence-electron chi connectivity index (χ3n) is 6.62. The summed E-state index contributed by atoms with van der Waals surface area (Å²) in [6.45, 7) is 5.15. The van der Waals surface area contributed by atoms with Crippen LogP contribution in [0.4, 0.5) is 16.3 Å². The van der Waals surface area contributed by atoms with E-state index in [1.807, 2.05) is 43.3 Å². The van der Waals surface area contributed by atoms with Crippen LogP contribution in [0.1, 0.15) is 31.2 Å². The average molecular weight is 461 g/mol. The van der Waals surface area contributed by atoms with Gasteiger partial charge in [0.2, 0.25) is 5.88 Å². The van der Waals surface area contributed by atoms with Crippen molar-refractivity contribution in [2.75, 3.05) is 36.5 Å². The lowest BCUT2D eigenvalue weighted by molar-refractivity contribution is 0.121. The summed E-state index contributed by atoms with van der Waals surface area (Å²) in [5.74, 6) is 1.65. The van der Waals surface area contributed by atoms with Crippen molar-refractivity contribution in [1.29, 1.82) is 0 Å². The SMILES string of the molecule is Cc1ccc(NC(=O)N[C@H]2CC[C@@H](Oc3nc(N4CCOCC4)cc4ccccc34)CC2)cc1. The van der Waals surface area contributed by atoms with E-state index in [1.54, 1.807) is 0 Å². The van der Waals surface area contributed by atoms with Crippen molar-refractivity contribution in [2.45, 2.75) is 44.8 Å². The van der Waals surface area contributed by atoms with Crippen LogP contribution >= 0.6 is 0 Å². The number of benzene rings is 2. The number of fused-ring (bicyclic) bond motifs is 1. The molecule has 7 nitrogen and oxygen atoms in total. The lowest BCUT2D eigenvalue weighted by atomic mass is 9.93. The van der Waals surface area contributed by atoms with Crippen molar-refractivity contribution >= 4 is 28.3 Å². The van der Waals surface area contributed by atoms with Crippen LogP contribution in [0.3, 0.4) is 0 Å². The van der Waals surface area contributed by atoms with Gasteiger partial charge in [-0.05, 0) is 62.3 Å². The van der Waals surface area contributed by atoms with Gasteiger partial charge in [0, 0.05) is 30.2 Å². The number of nitrogens with one attached hydrogen (secondary N) is 2. The number of aromatic nitrogens is 1. The first-order chi connectivity index (χ1) is 16.6. The quantitative estimate of drug-likeness (QED) is 0.567. The molecule has 0 radical (unpaired) electrons. The van der Waals surface area contributed by atoms with Gasteiger partial charge in [0.05, 0.1) is 13.2 Å². The second-order valence-corrected chi connectivity index (χ2v) is 9.16. The number of morpholine rings is 1. The maximum Gasteiger partial charge on any atom is 0.319 e. The van der Waals surface area contributed by atoms with E-state index in [1.165, 1.54) is 5.56 Å². The zero-order chi connectivity index (χ0) is 23.3. The molecule has 0 atom stereocenters. The van der Waals surface area contributed by atoms with Crippen molar-refractivity contribution in [2.24, 2.45) is 0 Å². The van der Waals surface area contributed by atoms with Gasteiger partial charge < -0.3 is 25.0 Å². The molecule has 0 spiro atoms. The van der Waals surface area contributed by atoms with Gasteiger partial charge in [-0.3, -0.25) is 0 Å². The Bertz CT molecular complexity index is 1120. The van der Waals surface area contributed by atoms with E-state index in [4.69, 9.17) is 14.5 Å². The van der Waals surface area contributed by atoms with E-state index < -0.39 is 0 Å². The smallest absolute Gasteiger partial charge is 0.319 e. The molecule has 3 aromatic rings. The molecule has 2 fully saturated rings. The number of pyridine rings is 1. The van der Waals surface area contributed by atoms with Crippen LogP contribution in [0.2, 0.25) is 0 Å². The van der Waals surface area contributed by atoms with Crippen molar-refractivity contribution in [1.82, 2.24) is 10.3 Å². The number of aryl methyl sites for hydroxylation is 1. The Hall–Kier alpha value is -3.32. The number of carbonyl (C=O) groups excluding carboxylic acids is 1. The fraction of sp³-hybridized carbons (Fsp3) is 0.407. The largest absolute Gasteiger partial charge is 0.474 e. The molecular formula is C27H32N4O3. The third kappa shape index (κ3) is 5.42. The summed E-state index contributed by atoms with van der Waals surface area (Å²) in [5, 5.41) is 8.20. The topological polar surface area (TPSA) is 75.7 Å². The van der Waals surface area contributed by atoms with Gasteiger partial charge in [0.15, 0.2) is 0 Å². The molecule has 0 unspecified atom stereocenters. The first kappa shape index (κ1) is 22.5. The first-order valence-electron chi connectivity index (χ1n) is 12.2. The molecule has 1 saturated carbocycles. The number of amides is 2. The molecule has 1 aliphatic heterocycles. The molecule has 2 aliphatic rings. The molecular weight excluding hydrogens is 428 g/mol. The fourth-order valence-corrected chi connectivity index (χ4v) is 4.67. The fourth-order valence-electron chi connectivity index (χ4n) is 4.67. The van der Waals surface area contributed by atoms with Gasteiger partial charge in [0.1, 0.15) is 11.9 Å². The Kier molecular flexibility index (Phi) is 6.81. The lowest BCUT2D eigenvalue weighted by Crippen LogP contribution is -2.41. The molecule has 34 heavy (non-hydrogen) atoms. The third-order valence-corrected chi connectivity index (χ3v) is 6.62. The van der Waals surface area contributed by atoms with Crippen molar-refractivity contribution in [3.63, 3.8) is 0 Å². The summed E-state index contributed by atoms with van der Waals surface area (Å²) in [6, 6.07) is 18.2. The highest BCUT2D eigenvalue weighted by Crippen LogP contribution is 2.31. The molecule has 0 bridgehead atoms. The first-order valence-corrected chi connectivity index (χ1v) is 12.2. The highest BCUT2D eigenvalue weighted by Gasteiger charge is 2.25. The molecule has 178 valence electrons. The minimum atomic E-state index is -0.154. The minimum Gasteiger partial charge on any atom is -0.474 e.